The fraction of sp³-hybridized carbons (Fsp3) is 0.556. The average Bonchev–Trinajstić information content (AvgIpc) is 2.55. The quantitative estimate of drug-likeness (QED) is 0.800. The summed E-state index contributed by atoms with van der Waals surface area (Å²) < 4.78 is 34.1. The molecule has 6 nitrogen and oxygen atoms in total. The molecule has 0 aliphatic carbocycles. The van der Waals surface area contributed by atoms with Crippen LogP contribution in [0.4, 0.5) is 19.3 Å². The van der Waals surface area contributed by atoms with Gasteiger partial charge in [-0.2, -0.15) is 8.78 Å². The van der Waals surface area contributed by atoms with Crippen LogP contribution in [0, 0.1) is 5.92 Å². The van der Waals surface area contributed by atoms with E-state index in [0.29, 0.717) is 31.6 Å². The van der Waals surface area contributed by atoms with Crippen molar-refractivity contribution in [1.29, 1.82) is 0 Å². The molecular weight excluding hydrogens is 382 g/mol. The molecule has 1 aliphatic rings. The molecule has 1 aromatic carbocycles. The molecule has 0 atom stereocenters. The van der Waals surface area contributed by atoms with Crippen molar-refractivity contribution in [2.45, 2.75) is 45.8 Å². The SMILES string of the molecule is CC(C)(C)OC(=O)N1CCC(C(=O)Nc2ccc(OC(F)F)c(Cl)c2)CC1. The average molecular weight is 405 g/mol. The van der Waals surface area contributed by atoms with Crippen molar-refractivity contribution in [3.8, 4) is 5.75 Å². The first-order valence-electron chi connectivity index (χ1n) is 8.58. The Kier molecular flexibility index (Phi) is 6.86. The Balaban J connectivity index is 1.87. The van der Waals surface area contributed by atoms with Crippen molar-refractivity contribution in [3.05, 3.63) is 23.2 Å². The van der Waals surface area contributed by atoms with E-state index in [0.717, 1.165) is 0 Å². The molecule has 0 spiro atoms. The minimum atomic E-state index is -2.97. The molecule has 1 heterocycles. The first kappa shape index (κ1) is 21.2. The maximum absolute atomic E-state index is 12.4. The van der Waals surface area contributed by atoms with Crippen molar-refractivity contribution in [1.82, 2.24) is 4.90 Å². The third kappa shape index (κ3) is 6.53. The monoisotopic (exact) mass is 404 g/mol. The molecule has 150 valence electrons. The van der Waals surface area contributed by atoms with Crippen LogP contribution < -0.4 is 10.1 Å². The number of hydrogen-bond acceptors (Lipinski definition) is 4. The van der Waals surface area contributed by atoms with E-state index in [-0.39, 0.29) is 28.7 Å². The van der Waals surface area contributed by atoms with Gasteiger partial charge >= 0.3 is 12.7 Å². The fourth-order valence-corrected chi connectivity index (χ4v) is 2.89. The van der Waals surface area contributed by atoms with E-state index >= 15 is 0 Å². The molecule has 0 saturated carbocycles. The maximum Gasteiger partial charge on any atom is 0.410 e. The Morgan fingerprint density at radius 3 is 2.41 bits per heavy atom. The Labute approximate surface area is 161 Å². The van der Waals surface area contributed by atoms with Gasteiger partial charge in [-0.15, -0.1) is 0 Å². The van der Waals surface area contributed by atoms with Crippen LogP contribution in [0.15, 0.2) is 18.2 Å². The number of benzene rings is 1. The number of ether oxygens (including phenoxy) is 2. The van der Waals surface area contributed by atoms with Crippen LogP contribution in [-0.2, 0) is 9.53 Å². The number of alkyl halides is 2. The minimum Gasteiger partial charge on any atom is -0.444 e. The molecule has 1 N–H and O–H groups in total. The van der Waals surface area contributed by atoms with Gasteiger partial charge in [0.05, 0.1) is 5.02 Å². The molecule has 0 aromatic heterocycles. The summed E-state index contributed by atoms with van der Waals surface area (Å²) in [4.78, 5) is 26.0. The Bertz CT molecular complexity index is 686. The van der Waals surface area contributed by atoms with Gasteiger partial charge in [0.15, 0.2) is 0 Å². The smallest absolute Gasteiger partial charge is 0.410 e. The van der Waals surface area contributed by atoms with Crippen molar-refractivity contribution < 1.29 is 27.8 Å². The Hall–Kier alpha value is -2.09. The Morgan fingerprint density at radius 2 is 1.89 bits per heavy atom. The van der Waals surface area contributed by atoms with Gasteiger partial charge in [0.1, 0.15) is 11.4 Å². The lowest BCUT2D eigenvalue weighted by atomic mass is 9.96. The summed E-state index contributed by atoms with van der Waals surface area (Å²) in [5.74, 6) is -0.632. The molecule has 0 radical (unpaired) electrons. The zero-order chi connectivity index (χ0) is 20.2. The van der Waals surface area contributed by atoms with Gasteiger partial charge in [-0.05, 0) is 51.8 Å². The van der Waals surface area contributed by atoms with E-state index in [1.54, 1.807) is 25.7 Å². The minimum absolute atomic E-state index is 0.0205. The highest BCUT2D eigenvalue weighted by Gasteiger charge is 2.30. The van der Waals surface area contributed by atoms with E-state index < -0.39 is 12.2 Å². The van der Waals surface area contributed by atoms with E-state index in [1.807, 2.05) is 0 Å². The number of rotatable bonds is 4. The molecule has 27 heavy (non-hydrogen) atoms. The lowest BCUT2D eigenvalue weighted by Gasteiger charge is -2.32. The number of likely N-dealkylation sites (tertiary alicyclic amines) is 1. The zero-order valence-corrected chi connectivity index (χ0v) is 16.2. The van der Waals surface area contributed by atoms with Gasteiger partial charge in [0.2, 0.25) is 5.91 Å². The van der Waals surface area contributed by atoms with Gasteiger partial charge in [0, 0.05) is 24.7 Å². The number of hydrogen-bond donors (Lipinski definition) is 1. The lowest BCUT2D eigenvalue weighted by Crippen LogP contribution is -2.43. The van der Waals surface area contributed by atoms with Crippen molar-refractivity contribution in [3.63, 3.8) is 0 Å². The topological polar surface area (TPSA) is 67.9 Å². The largest absolute Gasteiger partial charge is 0.444 e. The highest BCUT2D eigenvalue weighted by Crippen LogP contribution is 2.29. The van der Waals surface area contributed by atoms with Crippen LogP contribution in [0.25, 0.3) is 0 Å². The molecule has 2 amide bonds. The summed E-state index contributed by atoms with van der Waals surface area (Å²) in [6, 6.07) is 4.07. The first-order chi connectivity index (χ1) is 12.5. The van der Waals surface area contributed by atoms with Crippen molar-refractivity contribution >= 4 is 29.3 Å². The highest BCUT2D eigenvalue weighted by molar-refractivity contribution is 6.32. The van der Waals surface area contributed by atoms with Crippen LogP contribution in [0.3, 0.4) is 0 Å². The van der Waals surface area contributed by atoms with Gasteiger partial charge in [-0.25, -0.2) is 4.79 Å². The summed E-state index contributed by atoms with van der Waals surface area (Å²) >= 11 is 5.88. The fourth-order valence-electron chi connectivity index (χ4n) is 2.67. The van der Waals surface area contributed by atoms with Gasteiger partial charge in [0.25, 0.3) is 0 Å². The summed E-state index contributed by atoms with van der Waals surface area (Å²) in [6.07, 6.45) is 0.624. The van der Waals surface area contributed by atoms with E-state index in [1.165, 1.54) is 18.2 Å². The lowest BCUT2D eigenvalue weighted by molar-refractivity contribution is -0.121. The number of halogens is 3. The molecule has 0 bridgehead atoms. The molecular formula is C18H23ClF2N2O4. The number of carbonyl (C=O) groups is 2. The first-order valence-corrected chi connectivity index (χ1v) is 8.96. The predicted molar refractivity (Wildman–Crippen MR) is 97.2 cm³/mol. The van der Waals surface area contributed by atoms with Crippen LogP contribution in [0.5, 0.6) is 5.75 Å². The molecule has 1 aromatic rings. The number of nitrogens with one attached hydrogen (secondary N) is 1. The van der Waals surface area contributed by atoms with Crippen LogP contribution >= 0.6 is 11.6 Å². The summed E-state index contributed by atoms with van der Waals surface area (Å²) in [7, 11) is 0. The Morgan fingerprint density at radius 1 is 1.26 bits per heavy atom. The molecule has 9 heteroatoms. The normalized spacial score (nSPS) is 15.6. The number of nitrogens with zero attached hydrogens (tertiary/aromatic N) is 1. The summed E-state index contributed by atoms with van der Waals surface area (Å²) in [6.45, 7) is 3.28. The number of anilines is 1. The van der Waals surface area contributed by atoms with E-state index in [2.05, 4.69) is 10.1 Å². The predicted octanol–water partition coefficient (Wildman–Crippen LogP) is 4.53. The van der Waals surface area contributed by atoms with Gasteiger partial charge in [-0.3, -0.25) is 4.79 Å². The number of amides is 2. The third-order valence-electron chi connectivity index (χ3n) is 3.93. The maximum atomic E-state index is 12.4. The van der Waals surface area contributed by atoms with Crippen LogP contribution in [0.1, 0.15) is 33.6 Å². The molecule has 2 rings (SSSR count). The molecule has 0 unspecified atom stereocenters. The van der Waals surface area contributed by atoms with Crippen LogP contribution in [0.2, 0.25) is 5.02 Å². The van der Waals surface area contributed by atoms with Crippen molar-refractivity contribution in [2.75, 3.05) is 18.4 Å². The number of piperidine rings is 1. The van der Waals surface area contributed by atoms with E-state index in [9.17, 15) is 18.4 Å². The molecule has 1 aliphatic heterocycles. The zero-order valence-electron chi connectivity index (χ0n) is 15.4. The number of carbonyl (C=O) groups excluding carboxylic acids is 2. The summed E-state index contributed by atoms with van der Waals surface area (Å²) in [5, 5.41) is 2.69. The third-order valence-corrected chi connectivity index (χ3v) is 4.23. The molecule has 1 fully saturated rings. The van der Waals surface area contributed by atoms with E-state index in [4.69, 9.17) is 16.3 Å². The highest BCUT2D eigenvalue weighted by atomic mass is 35.5. The van der Waals surface area contributed by atoms with Crippen LogP contribution in [-0.4, -0.2) is 42.2 Å². The van der Waals surface area contributed by atoms with Crippen molar-refractivity contribution in [2.24, 2.45) is 5.92 Å². The second-order valence-corrected chi connectivity index (χ2v) is 7.66. The second kappa shape index (κ2) is 8.73. The summed E-state index contributed by atoms with van der Waals surface area (Å²) in [5.41, 5.74) is -0.175. The van der Waals surface area contributed by atoms with Gasteiger partial charge in [-0.1, -0.05) is 11.6 Å². The molecule has 1 saturated heterocycles. The second-order valence-electron chi connectivity index (χ2n) is 7.25. The van der Waals surface area contributed by atoms with Gasteiger partial charge < -0.3 is 19.7 Å². The standard InChI is InChI=1S/C18H23ClF2N2O4/c1-18(2,3)27-17(25)23-8-6-11(7-9-23)15(24)22-12-4-5-14(13(19)10-12)26-16(20)21/h4-5,10-11,16H,6-9H2,1-3H3,(H,22,24).